The summed E-state index contributed by atoms with van der Waals surface area (Å²) in [5, 5.41) is 19.5. The first kappa shape index (κ1) is 21.4. The van der Waals surface area contributed by atoms with Crippen LogP contribution in [0, 0.1) is 0 Å². The van der Waals surface area contributed by atoms with Crippen LogP contribution in [0.15, 0.2) is 46.1 Å². The first-order valence-electron chi connectivity index (χ1n) is 10.5. The van der Waals surface area contributed by atoms with Crippen LogP contribution in [0.5, 0.6) is 0 Å². The van der Waals surface area contributed by atoms with Gasteiger partial charge in [0.25, 0.3) is 5.91 Å². The number of nitrogen functional groups attached to an aromatic ring is 1. The molecule has 1 amide bonds. The number of hydrogen-bond acceptors (Lipinski definition) is 9. The maximum Gasteiger partial charge on any atom is 0.293 e. The number of nitrogens with zero attached hydrogens (tertiary/aromatic N) is 7. The third-order valence-corrected chi connectivity index (χ3v) is 5.16. The lowest BCUT2D eigenvalue weighted by atomic mass is 10.2. The normalized spacial score (nSPS) is 15.4. The van der Waals surface area contributed by atoms with Crippen molar-refractivity contribution in [1.82, 2.24) is 35.6 Å². The number of carbonyl (C=O) groups is 1. The van der Waals surface area contributed by atoms with Gasteiger partial charge < -0.3 is 5.73 Å². The van der Waals surface area contributed by atoms with E-state index in [0.29, 0.717) is 12.2 Å². The third kappa shape index (κ3) is 5.24. The molecule has 166 valence electrons. The van der Waals surface area contributed by atoms with Crippen LogP contribution in [-0.4, -0.2) is 55.4 Å². The molecule has 1 aliphatic rings. The number of rotatable bonds is 7. The van der Waals surface area contributed by atoms with E-state index < -0.39 is 5.91 Å². The fourth-order valence-electron chi connectivity index (χ4n) is 3.54. The second-order valence-corrected chi connectivity index (χ2v) is 7.45. The summed E-state index contributed by atoms with van der Waals surface area (Å²) in [7, 11) is 0. The van der Waals surface area contributed by atoms with Gasteiger partial charge in [-0.1, -0.05) is 54.5 Å². The number of hydrogen-bond donors (Lipinski definition) is 2. The van der Waals surface area contributed by atoms with Crippen molar-refractivity contribution in [3.05, 3.63) is 53.4 Å². The molecule has 3 heterocycles. The number of benzene rings is 1. The molecule has 1 aliphatic heterocycles. The minimum Gasteiger partial charge on any atom is -0.378 e. The van der Waals surface area contributed by atoms with Gasteiger partial charge in [-0.25, -0.2) is 10.1 Å². The molecule has 1 saturated heterocycles. The van der Waals surface area contributed by atoms with Crippen LogP contribution in [0.2, 0.25) is 0 Å². The van der Waals surface area contributed by atoms with Gasteiger partial charge in [-0.05, 0) is 47.9 Å². The molecule has 0 aliphatic carbocycles. The maximum absolute atomic E-state index is 12.8. The Hall–Kier alpha value is -3.86. The standard InChI is InChI=1S/C21H25N9O2/c22-19-20(27-32-26-19)30-17(15-29-13-6-1-2-7-14-29)18(24-28-30)21(31)25-23-12-8-11-16-9-4-3-5-10-16/h3-5,8-12H,1-2,6-7,13-15H2,(H2,22,26)(H,25,31)/b11-8+,23-12+. The summed E-state index contributed by atoms with van der Waals surface area (Å²) in [6.45, 7) is 2.34. The molecule has 1 fully saturated rings. The van der Waals surface area contributed by atoms with Gasteiger partial charge in [-0.15, -0.1) is 5.10 Å². The highest BCUT2D eigenvalue weighted by Crippen LogP contribution is 2.19. The van der Waals surface area contributed by atoms with Crippen molar-refractivity contribution in [2.45, 2.75) is 32.2 Å². The highest BCUT2D eigenvalue weighted by Gasteiger charge is 2.25. The molecular formula is C21H25N9O2. The Balaban J connectivity index is 1.51. The molecule has 3 aromatic rings. The molecule has 2 aromatic heterocycles. The van der Waals surface area contributed by atoms with E-state index in [-0.39, 0.29) is 17.3 Å². The summed E-state index contributed by atoms with van der Waals surface area (Å²) < 4.78 is 6.11. The summed E-state index contributed by atoms with van der Waals surface area (Å²) in [6.07, 6.45) is 9.75. The Bertz CT molecular complexity index is 1080. The van der Waals surface area contributed by atoms with Crippen molar-refractivity contribution in [2.24, 2.45) is 5.10 Å². The van der Waals surface area contributed by atoms with Crippen molar-refractivity contribution < 1.29 is 9.42 Å². The van der Waals surface area contributed by atoms with Crippen LogP contribution in [0.4, 0.5) is 5.82 Å². The largest absolute Gasteiger partial charge is 0.378 e. The number of likely N-dealkylation sites (tertiary alicyclic amines) is 1. The Labute approximate surface area is 184 Å². The molecule has 3 N–H and O–H groups in total. The quantitative estimate of drug-likeness (QED) is 0.424. The second-order valence-electron chi connectivity index (χ2n) is 7.45. The average Bonchev–Trinajstić information content (AvgIpc) is 3.31. The second kappa shape index (κ2) is 10.4. The summed E-state index contributed by atoms with van der Waals surface area (Å²) in [5.74, 6) is -0.195. The predicted molar refractivity (Wildman–Crippen MR) is 119 cm³/mol. The Morgan fingerprint density at radius 2 is 1.94 bits per heavy atom. The van der Waals surface area contributed by atoms with Gasteiger partial charge in [-0.3, -0.25) is 9.69 Å². The van der Waals surface area contributed by atoms with Crippen molar-refractivity contribution in [3.8, 4) is 5.82 Å². The number of anilines is 1. The lowest BCUT2D eigenvalue weighted by Crippen LogP contribution is -2.28. The number of nitrogens with one attached hydrogen (secondary N) is 1. The average molecular weight is 435 g/mol. The van der Waals surface area contributed by atoms with E-state index in [9.17, 15) is 4.79 Å². The van der Waals surface area contributed by atoms with Crippen LogP contribution in [0.3, 0.4) is 0 Å². The van der Waals surface area contributed by atoms with Crippen LogP contribution < -0.4 is 11.2 Å². The van der Waals surface area contributed by atoms with E-state index in [1.54, 1.807) is 6.08 Å². The SMILES string of the molecule is Nc1nonc1-n1nnc(C(=O)N/N=C/C=C/c2ccccc2)c1CN1CCCCCC1. The first-order chi connectivity index (χ1) is 15.7. The summed E-state index contributed by atoms with van der Waals surface area (Å²) in [4.78, 5) is 15.1. The van der Waals surface area contributed by atoms with Gasteiger partial charge >= 0.3 is 0 Å². The molecule has 0 atom stereocenters. The lowest BCUT2D eigenvalue weighted by Gasteiger charge is -2.20. The van der Waals surface area contributed by atoms with Gasteiger partial charge in [0.05, 0.1) is 5.69 Å². The molecule has 11 nitrogen and oxygen atoms in total. The van der Waals surface area contributed by atoms with Crippen molar-refractivity contribution in [3.63, 3.8) is 0 Å². The van der Waals surface area contributed by atoms with Gasteiger partial charge in [0, 0.05) is 12.8 Å². The molecule has 32 heavy (non-hydrogen) atoms. The fraction of sp³-hybridized carbons (Fsp3) is 0.333. The zero-order valence-electron chi connectivity index (χ0n) is 17.6. The Kier molecular flexibility index (Phi) is 6.98. The number of nitrogens with two attached hydrogens (primary N) is 1. The summed E-state index contributed by atoms with van der Waals surface area (Å²) in [6, 6.07) is 9.79. The predicted octanol–water partition coefficient (Wildman–Crippen LogP) is 2.04. The highest BCUT2D eigenvalue weighted by atomic mass is 16.6. The van der Waals surface area contributed by atoms with Gasteiger partial charge in [0.2, 0.25) is 11.6 Å². The topological polar surface area (TPSA) is 140 Å². The van der Waals surface area contributed by atoms with Gasteiger partial charge in [-0.2, -0.15) is 9.78 Å². The summed E-state index contributed by atoms with van der Waals surface area (Å²) >= 11 is 0. The molecule has 0 saturated carbocycles. The van der Waals surface area contributed by atoms with Crippen LogP contribution >= 0.6 is 0 Å². The minimum atomic E-state index is -0.472. The molecule has 0 unspecified atom stereocenters. The van der Waals surface area contributed by atoms with Gasteiger partial charge in [0.1, 0.15) is 0 Å². The van der Waals surface area contributed by atoms with E-state index in [4.69, 9.17) is 10.4 Å². The fourth-order valence-corrected chi connectivity index (χ4v) is 3.54. The third-order valence-electron chi connectivity index (χ3n) is 5.16. The highest BCUT2D eigenvalue weighted by molar-refractivity contribution is 5.94. The van der Waals surface area contributed by atoms with Crippen molar-refractivity contribution in [2.75, 3.05) is 18.8 Å². The zero-order valence-corrected chi connectivity index (χ0v) is 17.6. The van der Waals surface area contributed by atoms with Crippen molar-refractivity contribution in [1.29, 1.82) is 0 Å². The molecule has 11 heteroatoms. The van der Waals surface area contributed by atoms with E-state index >= 15 is 0 Å². The maximum atomic E-state index is 12.8. The Morgan fingerprint density at radius 3 is 2.66 bits per heavy atom. The van der Waals surface area contributed by atoms with Gasteiger partial charge in [0.15, 0.2) is 5.69 Å². The number of carbonyl (C=O) groups excluding carboxylic acids is 1. The molecule has 1 aromatic carbocycles. The zero-order chi connectivity index (χ0) is 22.2. The monoisotopic (exact) mass is 435 g/mol. The number of allylic oxidation sites excluding steroid dienone is 1. The number of aromatic nitrogens is 5. The molecule has 0 spiro atoms. The van der Waals surface area contributed by atoms with E-state index in [1.165, 1.54) is 23.7 Å². The Morgan fingerprint density at radius 1 is 1.16 bits per heavy atom. The number of hydrazone groups is 1. The summed E-state index contributed by atoms with van der Waals surface area (Å²) in [5.41, 5.74) is 10.1. The van der Waals surface area contributed by atoms with Crippen LogP contribution in [0.25, 0.3) is 11.9 Å². The van der Waals surface area contributed by atoms with E-state index in [0.717, 1.165) is 31.5 Å². The van der Waals surface area contributed by atoms with Crippen LogP contribution in [-0.2, 0) is 6.54 Å². The molecule has 0 bridgehead atoms. The smallest absolute Gasteiger partial charge is 0.293 e. The van der Waals surface area contributed by atoms with E-state index in [1.807, 2.05) is 36.4 Å². The van der Waals surface area contributed by atoms with Crippen molar-refractivity contribution >= 4 is 24.0 Å². The molecular weight excluding hydrogens is 410 g/mol. The first-order valence-corrected chi connectivity index (χ1v) is 10.5. The lowest BCUT2D eigenvalue weighted by molar-refractivity contribution is 0.0948. The molecule has 0 radical (unpaired) electrons. The number of amides is 1. The minimum absolute atomic E-state index is 0.0723. The molecule has 4 rings (SSSR count). The van der Waals surface area contributed by atoms with E-state index in [2.05, 4.69) is 36.1 Å². The van der Waals surface area contributed by atoms with Crippen LogP contribution in [0.1, 0.15) is 47.4 Å².